The molecule has 1 rings (SSSR count). The minimum Gasteiger partial charge on any atom is -0.376 e. The summed E-state index contributed by atoms with van der Waals surface area (Å²) >= 11 is 1.52. The Morgan fingerprint density at radius 1 is 1.89 bits per heavy atom. The maximum Gasteiger partial charge on any atom is 0.169 e. The van der Waals surface area contributed by atoms with E-state index in [1.165, 1.54) is 11.8 Å². The van der Waals surface area contributed by atoms with Gasteiger partial charge in [-0.05, 0) is 6.26 Å². The average molecular weight is 144 g/mol. The SMILES string of the molecule is CSc1nccn1CO. The zero-order chi connectivity index (χ0) is 6.69. The van der Waals surface area contributed by atoms with Crippen LogP contribution in [-0.4, -0.2) is 20.9 Å². The minimum atomic E-state index is 0.0101. The number of rotatable bonds is 2. The second-order valence-electron chi connectivity index (χ2n) is 1.53. The van der Waals surface area contributed by atoms with Crippen LogP contribution in [0, 0.1) is 0 Å². The highest BCUT2D eigenvalue weighted by molar-refractivity contribution is 7.98. The third-order valence-corrected chi connectivity index (χ3v) is 1.72. The number of nitrogens with zero attached hydrogens (tertiary/aromatic N) is 2. The summed E-state index contributed by atoms with van der Waals surface area (Å²) in [7, 11) is 0. The predicted octanol–water partition coefficient (Wildman–Crippen LogP) is 0.555. The van der Waals surface area contributed by atoms with Crippen molar-refractivity contribution >= 4 is 11.8 Å². The molecule has 3 nitrogen and oxygen atoms in total. The van der Waals surface area contributed by atoms with Gasteiger partial charge in [-0.15, -0.1) is 0 Å². The summed E-state index contributed by atoms with van der Waals surface area (Å²) < 4.78 is 1.67. The van der Waals surface area contributed by atoms with E-state index in [4.69, 9.17) is 5.11 Å². The molecule has 0 saturated heterocycles. The van der Waals surface area contributed by atoms with Gasteiger partial charge in [-0.25, -0.2) is 4.98 Å². The van der Waals surface area contributed by atoms with Crippen molar-refractivity contribution in [2.24, 2.45) is 0 Å². The number of aliphatic hydroxyl groups is 1. The Hall–Kier alpha value is -0.480. The first-order valence-corrected chi connectivity index (χ1v) is 3.77. The Balaban J connectivity index is 2.85. The molecule has 0 radical (unpaired) electrons. The Bertz CT molecular complexity index is 168. The van der Waals surface area contributed by atoms with Crippen molar-refractivity contribution in [2.45, 2.75) is 11.9 Å². The summed E-state index contributed by atoms with van der Waals surface area (Å²) in [5.41, 5.74) is 0. The molecule has 0 atom stereocenters. The van der Waals surface area contributed by atoms with Crippen LogP contribution < -0.4 is 0 Å². The van der Waals surface area contributed by atoms with E-state index in [0.717, 1.165) is 5.16 Å². The maximum atomic E-state index is 8.65. The second kappa shape index (κ2) is 2.89. The number of aliphatic hydroxyl groups excluding tert-OH is 1. The first-order valence-electron chi connectivity index (χ1n) is 2.54. The van der Waals surface area contributed by atoms with Crippen LogP contribution in [0.5, 0.6) is 0 Å². The lowest BCUT2D eigenvalue weighted by Crippen LogP contribution is -1.95. The van der Waals surface area contributed by atoms with Crippen molar-refractivity contribution in [1.82, 2.24) is 9.55 Å². The van der Waals surface area contributed by atoms with E-state index in [9.17, 15) is 0 Å². The molecule has 50 valence electrons. The summed E-state index contributed by atoms with van der Waals surface area (Å²) in [6.45, 7) is 0.0101. The van der Waals surface area contributed by atoms with Crippen molar-refractivity contribution in [1.29, 1.82) is 0 Å². The van der Waals surface area contributed by atoms with Crippen LogP contribution in [0.4, 0.5) is 0 Å². The van der Waals surface area contributed by atoms with Crippen LogP contribution in [-0.2, 0) is 6.73 Å². The molecular weight excluding hydrogens is 136 g/mol. The highest BCUT2D eigenvalue weighted by Crippen LogP contribution is 2.09. The molecule has 1 N–H and O–H groups in total. The molecular formula is C5H8N2OS. The van der Waals surface area contributed by atoms with Crippen molar-refractivity contribution < 1.29 is 5.11 Å². The Morgan fingerprint density at radius 2 is 2.67 bits per heavy atom. The predicted molar refractivity (Wildman–Crippen MR) is 36.2 cm³/mol. The second-order valence-corrected chi connectivity index (χ2v) is 2.30. The quantitative estimate of drug-likeness (QED) is 0.616. The molecule has 0 spiro atoms. The standard InChI is InChI=1S/C5H8N2OS/c1-9-5-6-2-3-7(5)4-8/h2-3,8H,4H2,1H3. The summed E-state index contributed by atoms with van der Waals surface area (Å²) in [4.78, 5) is 3.97. The Labute approximate surface area is 57.7 Å². The highest BCUT2D eigenvalue weighted by Gasteiger charge is 1.95. The van der Waals surface area contributed by atoms with Crippen molar-refractivity contribution in [3.8, 4) is 0 Å². The van der Waals surface area contributed by atoms with Gasteiger partial charge in [-0.1, -0.05) is 11.8 Å². The molecule has 0 unspecified atom stereocenters. The minimum absolute atomic E-state index is 0.0101. The van der Waals surface area contributed by atoms with E-state index >= 15 is 0 Å². The van der Waals surface area contributed by atoms with Crippen LogP contribution >= 0.6 is 11.8 Å². The van der Waals surface area contributed by atoms with Gasteiger partial charge in [0.25, 0.3) is 0 Å². The van der Waals surface area contributed by atoms with E-state index in [-0.39, 0.29) is 6.73 Å². The van der Waals surface area contributed by atoms with Crippen LogP contribution in [0.3, 0.4) is 0 Å². The monoisotopic (exact) mass is 144 g/mol. The van der Waals surface area contributed by atoms with E-state index < -0.39 is 0 Å². The summed E-state index contributed by atoms with van der Waals surface area (Å²) in [5, 5.41) is 9.49. The lowest BCUT2D eigenvalue weighted by atomic mass is 10.9. The average Bonchev–Trinajstić information content (AvgIpc) is 2.33. The smallest absolute Gasteiger partial charge is 0.169 e. The van der Waals surface area contributed by atoms with Crippen molar-refractivity contribution in [2.75, 3.05) is 6.26 Å². The van der Waals surface area contributed by atoms with Crippen LogP contribution in [0.15, 0.2) is 17.6 Å². The molecule has 0 aliphatic heterocycles. The van der Waals surface area contributed by atoms with Crippen molar-refractivity contribution in [3.63, 3.8) is 0 Å². The maximum absolute atomic E-state index is 8.65. The summed E-state index contributed by atoms with van der Waals surface area (Å²) in [6, 6.07) is 0. The molecule has 1 heterocycles. The fraction of sp³-hybridized carbons (Fsp3) is 0.400. The van der Waals surface area contributed by atoms with Gasteiger partial charge in [-0.3, -0.25) is 0 Å². The molecule has 4 heteroatoms. The lowest BCUT2D eigenvalue weighted by Gasteiger charge is -1.97. The molecule has 0 aromatic carbocycles. The van der Waals surface area contributed by atoms with Gasteiger partial charge >= 0.3 is 0 Å². The molecule has 1 aromatic heterocycles. The number of aromatic nitrogens is 2. The zero-order valence-electron chi connectivity index (χ0n) is 5.11. The molecule has 9 heavy (non-hydrogen) atoms. The first-order chi connectivity index (χ1) is 4.38. The van der Waals surface area contributed by atoms with E-state index in [2.05, 4.69) is 4.98 Å². The van der Waals surface area contributed by atoms with Gasteiger partial charge in [0.2, 0.25) is 0 Å². The van der Waals surface area contributed by atoms with Crippen LogP contribution in [0.2, 0.25) is 0 Å². The number of hydrogen-bond donors (Lipinski definition) is 1. The Kier molecular flexibility index (Phi) is 2.13. The number of imidazole rings is 1. The van der Waals surface area contributed by atoms with Gasteiger partial charge in [-0.2, -0.15) is 0 Å². The number of hydrogen-bond acceptors (Lipinski definition) is 3. The van der Waals surface area contributed by atoms with E-state index in [1.807, 2.05) is 6.26 Å². The topological polar surface area (TPSA) is 38.0 Å². The van der Waals surface area contributed by atoms with E-state index in [0.29, 0.717) is 0 Å². The molecule has 0 aliphatic carbocycles. The first kappa shape index (κ1) is 6.64. The zero-order valence-corrected chi connectivity index (χ0v) is 5.93. The summed E-state index contributed by atoms with van der Waals surface area (Å²) in [6.07, 6.45) is 5.34. The van der Waals surface area contributed by atoms with E-state index in [1.54, 1.807) is 17.0 Å². The summed E-state index contributed by atoms with van der Waals surface area (Å²) in [5.74, 6) is 0. The molecule has 0 saturated carbocycles. The number of thioether (sulfide) groups is 1. The largest absolute Gasteiger partial charge is 0.376 e. The fourth-order valence-corrected chi connectivity index (χ4v) is 1.11. The normalized spacial score (nSPS) is 10.0. The molecule has 0 bridgehead atoms. The Morgan fingerprint density at radius 3 is 3.11 bits per heavy atom. The van der Waals surface area contributed by atoms with Gasteiger partial charge in [0, 0.05) is 12.4 Å². The molecule has 1 aromatic rings. The molecule has 0 aliphatic rings. The van der Waals surface area contributed by atoms with Crippen LogP contribution in [0.1, 0.15) is 0 Å². The van der Waals surface area contributed by atoms with Gasteiger partial charge < -0.3 is 9.67 Å². The third kappa shape index (κ3) is 1.25. The molecule has 0 amide bonds. The highest BCUT2D eigenvalue weighted by atomic mass is 32.2. The van der Waals surface area contributed by atoms with Gasteiger partial charge in [0.05, 0.1) is 0 Å². The molecule has 0 fully saturated rings. The van der Waals surface area contributed by atoms with Crippen molar-refractivity contribution in [3.05, 3.63) is 12.4 Å². The third-order valence-electron chi connectivity index (χ3n) is 1.01. The fourth-order valence-electron chi connectivity index (χ4n) is 0.593. The van der Waals surface area contributed by atoms with Gasteiger partial charge in [0.1, 0.15) is 6.73 Å². The lowest BCUT2D eigenvalue weighted by molar-refractivity contribution is 0.200. The van der Waals surface area contributed by atoms with Gasteiger partial charge in [0.15, 0.2) is 5.16 Å². The van der Waals surface area contributed by atoms with Crippen LogP contribution in [0.25, 0.3) is 0 Å².